The van der Waals surface area contributed by atoms with Crippen molar-refractivity contribution in [2.24, 2.45) is 5.73 Å². The molecule has 2 aromatic carbocycles. The predicted octanol–water partition coefficient (Wildman–Crippen LogP) is 3.91. The Balaban J connectivity index is 2.29. The second-order valence-corrected chi connectivity index (χ2v) is 5.38. The molecule has 0 bridgehead atoms. The van der Waals surface area contributed by atoms with Crippen LogP contribution in [0.1, 0.15) is 22.7 Å². The van der Waals surface area contributed by atoms with Crippen LogP contribution in [0, 0.1) is 6.92 Å². The topological polar surface area (TPSA) is 44.5 Å². The van der Waals surface area contributed by atoms with Gasteiger partial charge in [-0.15, -0.1) is 0 Å². The second kappa shape index (κ2) is 6.83. The SMILES string of the molecule is COc1cc(C(N)Cc2ccccc2C)cc(Cl)c1OC. The van der Waals surface area contributed by atoms with Gasteiger partial charge in [-0.3, -0.25) is 0 Å². The molecule has 0 aromatic heterocycles. The summed E-state index contributed by atoms with van der Waals surface area (Å²) in [5, 5.41) is 0.507. The number of benzene rings is 2. The normalized spacial score (nSPS) is 12.0. The second-order valence-electron chi connectivity index (χ2n) is 4.98. The van der Waals surface area contributed by atoms with E-state index < -0.39 is 0 Å². The fourth-order valence-corrected chi connectivity index (χ4v) is 2.64. The molecule has 4 heteroatoms. The molecule has 0 saturated carbocycles. The van der Waals surface area contributed by atoms with Crippen LogP contribution in [-0.4, -0.2) is 14.2 Å². The Morgan fingerprint density at radius 1 is 1.14 bits per heavy atom. The minimum atomic E-state index is -0.150. The number of rotatable bonds is 5. The average Bonchev–Trinajstić information content (AvgIpc) is 2.48. The first-order valence-electron chi connectivity index (χ1n) is 6.78. The van der Waals surface area contributed by atoms with E-state index >= 15 is 0 Å². The molecule has 1 unspecified atom stereocenters. The Labute approximate surface area is 130 Å². The fourth-order valence-electron chi connectivity index (χ4n) is 2.35. The van der Waals surface area contributed by atoms with Gasteiger partial charge in [-0.2, -0.15) is 0 Å². The molecule has 2 N–H and O–H groups in total. The van der Waals surface area contributed by atoms with Gasteiger partial charge in [0.25, 0.3) is 0 Å². The first-order chi connectivity index (χ1) is 10.1. The van der Waals surface area contributed by atoms with E-state index in [1.165, 1.54) is 11.1 Å². The van der Waals surface area contributed by atoms with Crippen LogP contribution < -0.4 is 15.2 Å². The zero-order valence-corrected chi connectivity index (χ0v) is 13.3. The molecule has 3 nitrogen and oxygen atoms in total. The van der Waals surface area contributed by atoms with Crippen molar-refractivity contribution in [3.63, 3.8) is 0 Å². The molecule has 1 atom stereocenters. The summed E-state index contributed by atoms with van der Waals surface area (Å²) in [6.45, 7) is 2.09. The van der Waals surface area contributed by atoms with Gasteiger partial charge in [-0.25, -0.2) is 0 Å². The first-order valence-corrected chi connectivity index (χ1v) is 7.16. The maximum atomic E-state index is 6.32. The van der Waals surface area contributed by atoms with E-state index in [4.69, 9.17) is 26.8 Å². The molecule has 2 rings (SSSR count). The van der Waals surface area contributed by atoms with E-state index in [0.717, 1.165) is 12.0 Å². The van der Waals surface area contributed by atoms with Crippen molar-refractivity contribution in [2.45, 2.75) is 19.4 Å². The standard InChI is InChI=1S/C17H20ClNO2/c1-11-6-4-5-7-12(11)9-15(19)13-8-14(18)17(21-3)16(10-13)20-2/h4-8,10,15H,9,19H2,1-3H3. The van der Waals surface area contributed by atoms with E-state index in [2.05, 4.69) is 19.1 Å². The largest absolute Gasteiger partial charge is 0.493 e. The molecule has 112 valence electrons. The average molecular weight is 306 g/mol. The molecule has 21 heavy (non-hydrogen) atoms. The van der Waals surface area contributed by atoms with Crippen molar-refractivity contribution in [3.05, 3.63) is 58.1 Å². The lowest BCUT2D eigenvalue weighted by Crippen LogP contribution is -2.14. The highest BCUT2D eigenvalue weighted by Crippen LogP contribution is 2.37. The van der Waals surface area contributed by atoms with Gasteiger partial charge >= 0.3 is 0 Å². The van der Waals surface area contributed by atoms with Crippen molar-refractivity contribution in [1.82, 2.24) is 0 Å². The van der Waals surface area contributed by atoms with Crippen molar-refractivity contribution >= 4 is 11.6 Å². The van der Waals surface area contributed by atoms with Gasteiger partial charge in [0.05, 0.1) is 19.2 Å². The zero-order chi connectivity index (χ0) is 15.4. The van der Waals surface area contributed by atoms with Gasteiger partial charge < -0.3 is 15.2 Å². The maximum absolute atomic E-state index is 6.32. The summed E-state index contributed by atoms with van der Waals surface area (Å²) in [6.07, 6.45) is 0.748. The van der Waals surface area contributed by atoms with Crippen LogP contribution in [-0.2, 0) is 6.42 Å². The van der Waals surface area contributed by atoms with Crippen LogP contribution in [0.25, 0.3) is 0 Å². The van der Waals surface area contributed by atoms with Gasteiger partial charge in [0.2, 0.25) is 0 Å². The molecule has 0 radical (unpaired) electrons. The monoisotopic (exact) mass is 305 g/mol. The smallest absolute Gasteiger partial charge is 0.179 e. The Morgan fingerprint density at radius 3 is 2.48 bits per heavy atom. The Hall–Kier alpha value is -1.71. The van der Waals surface area contributed by atoms with Gasteiger partial charge in [-0.1, -0.05) is 35.9 Å². The summed E-state index contributed by atoms with van der Waals surface area (Å²) in [6, 6.07) is 11.8. The molecule has 0 aliphatic heterocycles. The van der Waals surface area contributed by atoms with E-state index in [0.29, 0.717) is 16.5 Å². The molecule has 0 heterocycles. The molecular formula is C17H20ClNO2. The molecular weight excluding hydrogens is 286 g/mol. The first kappa shape index (κ1) is 15.7. The number of aryl methyl sites for hydroxylation is 1. The fraction of sp³-hybridized carbons (Fsp3) is 0.294. The van der Waals surface area contributed by atoms with Crippen LogP contribution in [0.2, 0.25) is 5.02 Å². The number of nitrogens with two attached hydrogens (primary N) is 1. The predicted molar refractivity (Wildman–Crippen MR) is 86.4 cm³/mol. The van der Waals surface area contributed by atoms with Gasteiger partial charge in [0.15, 0.2) is 11.5 Å². The molecule has 2 aromatic rings. The molecule has 0 saturated heterocycles. The van der Waals surface area contributed by atoms with E-state index in [-0.39, 0.29) is 6.04 Å². The molecule has 0 amide bonds. The van der Waals surface area contributed by atoms with E-state index in [9.17, 15) is 0 Å². The lowest BCUT2D eigenvalue weighted by molar-refractivity contribution is 0.354. The van der Waals surface area contributed by atoms with Gasteiger partial charge in [-0.05, 0) is 42.2 Å². The minimum Gasteiger partial charge on any atom is -0.493 e. The van der Waals surface area contributed by atoms with Crippen molar-refractivity contribution in [1.29, 1.82) is 0 Å². The highest BCUT2D eigenvalue weighted by atomic mass is 35.5. The number of hydrogen-bond donors (Lipinski definition) is 1. The Morgan fingerprint density at radius 2 is 1.86 bits per heavy atom. The Bertz CT molecular complexity index is 628. The van der Waals surface area contributed by atoms with E-state index in [1.807, 2.05) is 24.3 Å². The lowest BCUT2D eigenvalue weighted by atomic mass is 9.96. The van der Waals surface area contributed by atoms with Crippen LogP contribution in [0.4, 0.5) is 0 Å². The Kier molecular flexibility index (Phi) is 5.10. The van der Waals surface area contributed by atoms with Crippen LogP contribution in [0.15, 0.2) is 36.4 Å². The zero-order valence-electron chi connectivity index (χ0n) is 12.5. The summed E-state index contributed by atoms with van der Waals surface area (Å²) >= 11 is 6.23. The maximum Gasteiger partial charge on any atom is 0.179 e. The molecule has 0 fully saturated rings. The summed E-state index contributed by atoms with van der Waals surface area (Å²) in [4.78, 5) is 0. The number of halogens is 1. The molecule has 0 aliphatic carbocycles. The number of hydrogen-bond acceptors (Lipinski definition) is 3. The van der Waals surface area contributed by atoms with Crippen molar-refractivity contribution in [2.75, 3.05) is 14.2 Å². The lowest BCUT2D eigenvalue weighted by Gasteiger charge is -2.17. The minimum absolute atomic E-state index is 0.150. The highest BCUT2D eigenvalue weighted by Gasteiger charge is 2.15. The third-order valence-corrected chi connectivity index (χ3v) is 3.87. The highest BCUT2D eigenvalue weighted by molar-refractivity contribution is 6.32. The van der Waals surface area contributed by atoms with Crippen LogP contribution in [0.5, 0.6) is 11.5 Å². The number of methoxy groups -OCH3 is 2. The summed E-state index contributed by atoms with van der Waals surface area (Å²) < 4.78 is 10.6. The molecule has 0 aliphatic rings. The van der Waals surface area contributed by atoms with Crippen LogP contribution >= 0.6 is 11.6 Å². The third-order valence-electron chi connectivity index (χ3n) is 3.59. The molecule has 0 spiro atoms. The summed E-state index contributed by atoms with van der Waals surface area (Å²) in [7, 11) is 3.15. The van der Waals surface area contributed by atoms with Crippen molar-refractivity contribution < 1.29 is 9.47 Å². The quantitative estimate of drug-likeness (QED) is 0.911. The summed E-state index contributed by atoms with van der Waals surface area (Å²) in [5.41, 5.74) is 9.72. The van der Waals surface area contributed by atoms with Crippen molar-refractivity contribution in [3.8, 4) is 11.5 Å². The third kappa shape index (κ3) is 3.49. The van der Waals surface area contributed by atoms with Gasteiger partial charge in [0.1, 0.15) is 0 Å². The van der Waals surface area contributed by atoms with Crippen LogP contribution in [0.3, 0.4) is 0 Å². The van der Waals surface area contributed by atoms with E-state index in [1.54, 1.807) is 14.2 Å². The van der Waals surface area contributed by atoms with Gasteiger partial charge in [0, 0.05) is 6.04 Å². The number of ether oxygens (including phenoxy) is 2. The summed E-state index contributed by atoms with van der Waals surface area (Å²) in [5.74, 6) is 1.13.